The van der Waals surface area contributed by atoms with Crippen LogP contribution in [-0.4, -0.2) is 20.7 Å². The predicted molar refractivity (Wildman–Crippen MR) is 88.7 cm³/mol. The van der Waals surface area contributed by atoms with Crippen molar-refractivity contribution in [2.75, 3.05) is 0 Å². The summed E-state index contributed by atoms with van der Waals surface area (Å²) in [5.41, 5.74) is 3.32. The highest BCUT2D eigenvalue weighted by Gasteiger charge is 2.11. The topological polar surface area (TPSA) is 59.8 Å². The molecule has 0 saturated carbocycles. The molecular formula is C18H17FN4O. The Labute approximate surface area is 139 Å². The van der Waals surface area contributed by atoms with Crippen LogP contribution in [-0.2, 0) is 13.6 Å². The predicted octanol–water partition coefficient (Wildman–Crippen LogP) is 2.86. The van der Waals surface area contributed by atoms with Crippen LogP contribution >= 0.6 is 0 Å². The van der Waals surface area contributed by atoms with Crippen LogP contribution in [0.1, 0.15) is 21.5 Å². The second-order valence-corrected chi connectivity index (χ2v) is 5.56. The molecule has 3 aromatic rings. The van der Waals surface area contributed by atoms with E-state index in [9.17, 15) is 9.18 Å². The fourth-order valence-corrected chi connectivity index (χ4v) is 2.40. The number of aromatic nitrogens is 3. The van der Waals surface area contributed by atoms with Gasteiger partial charge in [0.05, 0.1) is 11.9 Å². The zero-order chi connectivity index (χ0) is 17.1. The Hall–Kier alpha value is -3.02. The number of nitrogens with zero attached hydrogens (tertiary/aromatic N) is 3. The molecule has 24 heavy (non-hydrogen) atoms. The van der Waals surface area contributed by atoms with E-state index in [1.54, 1.807) is 36.1 Å². The minimum absolute atomic E-state index is 0.296. The van der Waals surface area contributed by atoms with Crippen molar-refractivity contribution in [3.05, 3.63) is 71.4 Å². The van der Waals surface area contributed by atoms with Crippen LogP contribution in [0.15, 0.2) is 48.9 Å². The Bertz CT molecular complexity index is 888. The molecule has 2 aromatic heterocycles. The van der Waals surface area contributed by atoms with Crippen LogP contribution in [0.2, 0.25) is 0 Å². The van der Waals surface area contributed by atoms with Gasteiger partial charge in [-0.1, -0.05) is 12.1 Å². The van der Waals surface area contributed by atoms with Crippen molar-refractivity contribution < 1.29 is 9.18 Å². The van der Waals surface area contributed by atoms with Gasteiger partial charge in [-0.2, -0.15) is 5.10 Å². The summed E-state index contributed by atoms with van der Waals surface area (Å²) in [6.45, 7) is 1.96. The average Bonchev–Trinajstić information content (AvgIpc) is 3.01. The minimum atomic E-state index is -0.389. The van der Waals surface area contributed by atoms with Gasteiger partial charge in [0.1, 0.15) is 5.82 Å². The number of pyridine rings is 1. The number of carbonyl (C=O) groups excluding carboxylic acids is 1. The average molecular weight is 324 g/mol. The molecule has 0 unspecified atom stereocenters. The van der Waals surface area contributed by atoms with E-state index >= 15 is 0 Å². The van der Waals surface area contributed by atoms with Gasteiger partial charge in [0.2, 0.25) is 0 Å². The summed E-state index contributed by atoms with van der Waals surface area (Å²) in [6.07, 6.45) is 5.29. The first kappa shape index (κ1) is 15.9. The molecule has 6 heteroatoms. The molecule has 0 aliphatic heterocycles. The van der Waals surface area contributed by atoms with Gasteiger partial charge in [0, 0.05) is 37.1 Å². The standard InChI is InChI=1S/C18H17FN4O/c1-12-5-6-13(8-16(12)19)18(24)21-9-14-4-3-7-20-17(14)15-10-22-23(2)11-15/h3-8,10-11H,9H2,1-2H3,(H,21,24). The first-order valence-corrected chi connectivity index (χ1v) is 7.52. The maximum absolute atomic E-state index is 13.6. The van der Waals surface area contributed by atoms with Crippen molar-refractivity contribution in [2.45, 2.75) is 13.5 Å². The molecule has 0 aliphatic carbocycles. The van der Waals surface area contributed by atoms with Gasteiger partial charge in [0.15, 0.2) is 0 Å². The number of carbonyl (C=O) groups is 1. The van der Waals surface area contributed by atoms with Crippen LogP contribution in [0.5, 0.6) is 0 Å². The third-order valence-electron chi connectivity index (χ3n) is 3.74. The van der Waals surface area contributed by atoms with Crippen molar-refractivity contribution in [1.82, 2.24) is 20.1 Å². The summed E-state index contributed by atoms with van der Waals surface area (Å²) < 4.78 is 15.3. The van der Waals surface area contributed by atoms with Crippen molar-refractivity contribution in [1.29, 1.82) is 0 Å². The number of hydrogen-bond donors (Lipinski definition) is 1. The largest absolute Gasteiger partial charge is 0.348 e. The number of benzene rings is 1. The fourth-order valence-electron chi connectivity index (χ4n) is 2.40. The Morgan fingerprint density at radius 3 is 2.88 bits per heavy atom. The van der Waals surface area contributed by atoms with E-state index in [2.05, 4.69) is 15.4 Å². The zero-order valence-corrected chi connectivity index (χ0v) is 13.5. The third kappa shape index (κ3) is 3.32. The molecular weight excluding hydrogens is 307 g/mol. The van der Waals surface area contributed by atoms with E-state index in [0.29, 0.717) is 17.7 Å². The molecule has 3 rings (SSSR count). The lowest BCUT2D eigenvalue weighted by atomic mass is 10.1. The van der Waals surface area contributed by atoms with Gasteiger partial charge in [-0.05, 0) is 36.2 Å². The molecule has 0 fully saturated rings. The van der Waals surface area contributed by atoms with Crippen LogP contribution in [0.4, 0.5) is 4.39 Å². The molecule has 2 heterocycles. The minimum Gasteiger partial charge on any atom is -0.348 e. The molecule has 1 amide bonds. The fraction of sp³-hybridized carbons (Fsp3) is 0.167. The lowest BCUT2D eigenvalue weighted by Crippen LogP contribution is -2.23. The molecule has 0 radical (unpaired) electrons. The number of halogens is 1. The highest BCUT2D eigenvalue weighted by molar-refractivity contribution is 5.94. The lowest BCUT2D eigenvalue weighted by Gasteiger charge is -2.09. The Morgan fingerprint density at radius 1 is 1.33 bits per heavy atom. The Balaban J connectivity index is 1.77. The molecule has 5 nitrogen and oxygen atoms in total. The van der Waals surface area contributed by atoms with Gasteiger partial charge in [-0.3, -0.25) is 14.5 Å². The summed E-state index contributed by atoms with van der Waals surface area (Å²) in [6, 6.07) is 8.16. The zero-order valence-electron chi connectivity index (χ0n) is 13.5. The summed E-state index contributed by atoms with van der Waals surface area (Å²) in [5.74, 6) is -0.713. The number of nitrogens with one attached hydrogen (secondary N) is 1. The van der Waals surface area contributed by atoms with E-state index < -0.39 is 0 Å². The van der Waals surface area contributed by atoms with Crippen molar-refractivity contribution in [3.8, 4) is 11.3 Å². The molecule has 0 bridgehead atoms. The SMILES string of the molecule is Cc1ccc(C(=O)NCc2cccnc2-c2cnn(C)c2)cc1F. The monoisotopic (exact) mass is 324 g/mol. The maximum atomic E-state index is 13.6. The molecule has 0 spiro atoms. The van der Waals surface area contributed by atoms with Gasteiger partial charge >= 0.3 is 0 Å². The van der Waals surface area contributed by atoms with E-state index in [1.807, 2.05) is 25.4 Å². The lowest BCUT2D eigenvalue weighted by molar-refractivity contribution is 0.0950. The highest BCUT2D eigenvalue weighted by Crippen LogP contribution is 2.20. The van der Waals surface area contributed by atoms with Crippen LogP contribution in [0.25, 0.3) is 11.3 Å². The van der Waals surface area contributed by atoms with Gasteiger partial charge in [-0.15, -0.1) is 0 Å². The Kier molecular flexibility index (Phi) is 4.37. The molecule has 1 aromatic carbocycles. The first-order chi connectivity index (χ1) is 11.5. The summed E-state index contributed by atoms with van der Waals surface area (Å²) in [4.78, 5) is 16.6. The number of rotatable bonds is 4. The maximum Gasteiger partial charge on any atom is 0.251 e. The normalized spacial score (nSPS) is 10.6. The Morgan fingerprint density at radius 2 is 2.17 bits per heavy atom. The van der Waals surface area contributed by atoms with Crippen LogP contribution in [0, 0.1) is 12.7 Å². The number of hydrogen-bond acceptors (Lipinski definition) is 3. The molecule has 0 aliphatic rings. The van der Waals surface area contributed by atoms with E-state index in [4.69, 9.17) is 0 Å². The van der Waals surface area contributed by atoms with Crippen LogP contribution < -0.4 is 5.32 Å². The molecule has 0 atom stereocenters. The number of amides is 1. The summed E-state index contributed by atoms with van der Waals surface area (Å²) >= 11 is 0. The second kappa shape index (κ2) is 6.62. The molecule has 1 N–H and O–H groups in total. The molecule has 122 valence electrons. The number of aryl methyl sites for hydroxylation is 2. The first-order valence-electron chi connectivity index (χ1n) is 7.52. The summed E-state index contributed by atoms with van der Waals surface area (Å²) in [7, 11) is 1.83. The smallest absolute Gasteiger partial charge is 0.251 e. The second-order valence-electron chi connectivity index (χ2n) is 5.56. The quantitative estimate of drug-likeness (QED) is 0.803. The summed E-state index contributed by atoms with van der Waals surface area (Å²) in [5, 5.41) is 6.95. The van der Waals surface area contributed by atoms with Gasteiger partial charge in [0.25, 0.3) is 5.91 Å². The third-order valence-corrected chi connectivity index (χ3v) is 3.74. The molecule has 0 saturated heterocycles. The van der Waals surface area contributed by atoms with Crippen molar-refractivity contribution >= 4 is 5.91 Å². The van der Waals surface area contributed by atoms with E-state index in [1.165, 1.54) is 6.07 Å². The highest BCUT2D eigenvalue weighted by atomic mass is 19.1. The van der Waals surface area contributed by atoms with E-state index in [0.717, 1.165) is 16.8 Å². The van der Waals surface area contributed by atoms with Gasteiger partial charge in [-0.25, -0.2) is 4.39 Å². The van der Waals surface area contributed by atoms with E-state index in [-0.39, 0.29) is 11.7 Å². The van der Waals surface area contributed by atoms with Crippen molar-refractivity contribution in [2.24, 2.45) is 7.05 Å². The van der Waals surface area contributed by atoms with Crippen LogP contribution in [0.3, 0.4) is 0 Å². The van der Waals surface area contributed by atoms with Gasteiger partial charge < -0.3 is 5.32 Å². The van der Waals surface area contributed by atoms with Crippen molar-refractivity contribution in [3.63, 3.8) is 0 Å².